The van der Waals surface area contributed by atoms with E-state index < -0.39 is 5.60 Å². The van der Waals surface area contributed by atoms with Gasteiger partial charge in [-0.05, 0) is 76.6 Å². The Bertz CT molecular complexity index is 566. The van der Waals surface area contributed by atoms with E-state index in [0.717, 1.165) is 36.3 Å². The number of benzene rings is 1. The topological polar surface area (TPSA) is 47.6 Å². The third-order valence-electron chi connectivity index (χ3n) is 4.59. The molecule has 2 rings (SSSR count). The van der Waals surface area contributed by atoms with Crippen LogP contribution in [0.15, 0.2) is 18.2 Å². The molecule has 0 radical (unpaired) electrons. The van der Waals surface area contributed by atoms with Crippen LogP contribution >= 0.6 is 0 Å². The summed E-state index contributed by atoms with van der Waals surface area (Å²) in [6, 6.07) is 5.78. The highest BCUT2D eigenvalue weighted by atomic mass is 16.5. The molecule has 0 heterocycles. The van der Waals surface area contributed by atoms with Crippen molar-refractivity contribution in [3.63, 3.8) is 0 Å². The molecule has 1 N–H and O–H groups in total. The summed E-state index contributed by atoms with van der Waals surface area (Å²) >= 11 is 0. The molecule has 0 aromatic heterocycles. The standard InChI is InChI=1S/C20H31NO3/c1-6-23-20(11-7-8-15(4)13-20)19(22)21-17-9-10-18(16(5)12-17)24-14(2)3/h9-10,12,14-15H,6-8,11,13H2,1-5H3,(H,21,22). The zero-order valence-electron chi connectivity index (χ0n) is 15.6. The minimum absolute atomic E-state index is 0.0205. The summed E-state index contributed by atoms with van der Waals surface area (Å²) in [6.07, 6.45) is 3.93. The molecule has 0 spiro atoms. The molecule has 2 unspecified atom stereocenters. The Labute approximate surface area is 145 Å². The van der Waals surface area contributed by atoms with Gasteiger partial charge >= 0.3 is 0 Å². The van der Waals surface area contributed by atoms with Crippen LogP contribution in [0.5, 0.6) is 5.75 Å². The zero-order valence-corrected chi connectivity index (χ0v) is 15.6. The number of anilines is 1. The van der Waals surface area contributed by atoms with Gasteiger partial charge in [0.2, 0.25) is 0 Å². The van der Waals surface area contributed by atoms with Gasteiger partial charge in [0.05, 0.1) is 6.10 Å². The summed E-state index contributed by atoms with van der Waals surface area (Å²) in [4.78, 5) is 12.9. The third-order valence-corrected chi connectivity index (χ3v) is 4.59. The average Bonchev–Trinajstić information content (AvgIpc) is 2.50. The number of hydrogen-bond acceptors (Lipinski definition) is 3. The molecule has 1 aromatic carbocycles. The number of carbonyl (C=O) groups is 1. The molecule has 1 amide bonds. The summed E-state index contributed by atoms with van der Waals surface area (Å²) in [6.45, 7) is 10.7. The van der Waals surface area contributed by atoms with Gasteiger partial charge in [0.15, 0.2) is 0 Å². The Hall–Kier alpha value is -1.55. The number of hydrogen-bond donors (Lipinski definition) is 1. The Morgan fingerprint density at radius 1 is 1.42 bits per heavy atom. The van der Waals surface area contributed by atoms with E-state index >= 15 is 0 Å². The van der Waals surface area contributed by atoms with Gasteiger partial charge in [-0.2, -0.15) is 0 Å². The number of ether oxygens (including phenoxy) is 2. The molecule has 1 aliphatic rings. The molecule has 134 valence electrons. The monoisotopic (exact) mass is 333 g/mol. The van der Waals surface area contributed by atoms with Crippen molar-refractivity contribution in [1.29, 1.82) is 0 Å². The Morgan fingerprint density at radius 2 is 2.17 bits per heavy atom. The van der Waals surface area contributed by atoms with Crippen molar-refractivity contribution in [3.8, 4) is 5.75 Å². The lowest BCUT2D eigenvalue weighted by Gasteiger charge is -2.38. The minimum atomic E-state index is -0.687. The van der Waals surface area contributed by atoms with Gasteiger partial charge in [-0.25, -0.2) is 0 Å². The molecule has 2 atom stereocenters. The second-order valence-corrected chi connectivity index (χ2v) is 7.23. The Kier molecular flexibility index (Phi) is 6.27. The predicted octanol–water partition coefficient (Wildman–Crippen LogP) is 4.71. The first kappa shape index (κ1) is 18.8. The Balaban J connectivity index is 2.13. The summed E-state index contributed by atoms with van der Waals surface area (Å²) in [5, 5.41) is 3.06. The van der Waals surface area contributed by atoms with Crippen molar-refractivity contribution in [2.75, 3.05) is 11.9 Å². The van der Waals surface area contributed by atoms with Crippen molar-refractivity contribution < 1.29 is 14.3 Å². The van der Waals surface area contributed by atoms with Gasteiger partial charge in [0.25, 0.3) is 5.91 Å². The maximum atomic E-state index is 12.9. The molecular weight excluding hydrogens is 302 g/mol. The van der Waals surface area contributed by atoms with Gasteiger partial charge in [0.1, 0.15) is 11.4 Å². The van der Waals surface area contributed by atoms with Crippen LogP contribution in [0.4, 0.5) is 5.69 Å². The van der Waals surface area contributed by atoms with Gasteiger partial charge in [-0.1, -0.05) is 13.3 Å². The van der Waals surface area contributed by atoms with E-state index in [2.05, 4.69) is 12.2 Å². The maximum absolute atomic E-state index is 12.9. The first-order valence-electron chi connectivity index (χ1n) is 9.09. The van der Waals surface area contributed by atoms with E-state index in [1.165, 1.54) is 6.42 Å². The van der Waals surface area contributed by atoms with E-state index in [9.17, 15) is 4.79 Å². The number of rotatable bonds is 6. The summed E-state index contributed by atoms with van der Waals surface area (Å²) < 4.78 is 11.7. The number of amides is 1. The lowest BCUT2D eigenvalue weighted by Crippen LogP contribution is -2.48. The van der Waals surface area contributed by atoms with Crippen molar-refractivity contribution in [2.24, 2.45) is 5.92 Å². The molecule has 1 aromatic rings. The molecular formula is C20H31NO3. The first-order chi connectivity index (χ1) is 11.4. The van der Waals surface area contributed by atoms with Crippen LogP contribution in [0, 0.1) is 12.8 Å². The SMILES string of the molecule is CCOC1(C(=O)Nc2ccc(OC(C)C)c(C)c2)CCCC(C)C1. The van der Waals surface area contributed by atoms with Crippen molar-refractivity contribution in [3.05, 3.63) is 23.8 Å². The van der Waals surface area contributed by atoms with Crippen LogP contribution in [0.3, 0.4) is 0 Å². The fourth-order valence-corrected chi connectivity index (χ4v) is 3.54. The fraction of sp³-hybridized carbons (Fsp3) is 0.650. The van der Waals surface area contributed by atoms with Crippen molar-refractivity contribution in [1.82, 2.24) is 0 Å². The lowest BCUT2D eigenvalue weighted by atomic mass is 9.78. The third kappa shape index (κ3) is 4.50. The molecule has 1 saturated carbocycles. The van der Waals surface area contributed by atoms with Gasteiger partial charge in [0, 0.05) is 12.3 Å². The smallest absolute Gasteiger partial charge is 0.256 e. The number of aryl methyl sites for hydroxylation is 1. The Morgan fingerprint density at radius 3 is 2.75 bits per heavy atom. The summed E-state index contributed by atoms with van der Waals surface area (Å²) in [7, 11) is 0. The number of nitrogens with one attached hydrogen (secondary N) is 1. The van der Waals surface area contributed by atoms with Gasteiger partial charge in [-0.15, -0.1) is 0 Å². The van der Waals surface area contributed by atoms with Crippen molar-refractivity contribution >= 4 is 11.6 Å². The highest BCUT2D eigenvalue weighted by Crippen LogP contribution is 2.36. The second kappa shape index (κ2) is 8.02. The molecule has 0 aliphatic heterocycles. The molecule has 0 bridgehead atoms. The largest absolute Gasteiger partial charge is 0.491 e. The van der Waals surface area contributed by atoms with E-state index in [1.807, 2.05) is 45.9 Å². The van der Waals surface area contributed by atoms with E-state index in [1.54, 1.807) is 0 Å². The van der Waals surface area contributed by atoms with Crippen molar-refractivity contribution in [2.45, 2.75) is 72.0 Å². The zero-order chi connectivity index (χ0) is 17.7. The molecule has 1 aliphatic carbocycles. The minimum Gasteiger partial charge on any atom is -0.491 e. The molecule has 0 saturated heterocycles. The van der Waals surface area contributed by atoms with Crippen LogP contribution in [-0.2, 0) is 9.53 Å². The molecule has 4 nitrogen and oxygen atoms in total. The highest BCUT2D eigenvalue weighted by Gasteiger charge is 2.42. The van der Waals surface area contributed by atoms with Crippen LogP contribution in [0.1, 0.15) is 58.9 Å². The quantitative estimate of drug-likeness (QED) is 0.820. The van der Waals surface area contributed by atoms with E-state index in [0.29, 0.717) is 12.5 Å². The fourth-order valence-electron chi connectivity index (χ4n) is 3.54. The maximum Gasteiger partial charge on any atom is 0.256 e. The van der Waals surface area contributed by atoms with Gasteiger partial charge in [-0.3, -0.25) is 4.79 Å². The highest BCUT2D eigenvalue weighted by molar-refractivity contribution is 5.97. The lowest BCUT2D eigenvalue weighted by molar-refractivity contribution is -0.147. The predicted molar refractivity (Wildman–Crippen MR) is 97.6 cm³/mol. The van der Waals surface area contributed by atoms with Gasteiger partial charge < -0.3 is 14.8 Å². The van der Waals surface area contributed by atoms with E-state index in [4.69, 9.17) is 9.47 Å². The first-order valence-corrected chi connectivity index (χ1v) is 9.09. The normalized spacial score (nSPS) is 24.0. The van der Waals surface area contributed by atoms with Crippen LogP contribution in [0.2, 0.25) is 0 Å². The summed E-state index contributed by atoms with van der Waals surface area (Å²) in [5.74, 6) is 1.35. The molecule has 4 heteroatoms. The van der Waals surface area contributed by atoms with Crippen LogP contribution in [0.25, 0.3) is 0 Å². The summed E-state index contributed by atoms with van der Waals surface area (Å²) in [5.41, 5.74) is 1.13. The average molecular weight is 333 g/mol. The van der Waals surface area contributed by atoms with Crippen LogP contribution < -0.4 is 10.1 Å². The van der Waals surface area contributed by atoms with Crippen LogP contribution in [-0.4, -0.2) is 24.2 Å². The molecule has 24 heavy (non-hydrogen) atoms. The second-order valence-electron chi connectivity index (χ2n) is 7.23. The molecule has 1 fully saturated rings. The number of carbonyl (C=O) groups excluding carboxylic acids is 1. The van der Waals surface area contributed by atoms with E-state index in [-0.39, 0.29) is 12.0 Å².